The lowest BCUT2D eigenvalue weighted by Gasteiger charge is -2.19. The highest BCUT2D eigenvalue weighted by molar-refractivity contribution is 9.10. The second kappa shape index (κ2) is 11.1. The third-order valence-corrected chi connectivity index (χ3v) is 5.73. The van der Waals surface area contributed by atoms with Crippen molar-refractivity contribution >= 4 is 50.8 Å². The van der Waals surface area contributed by atoms with Crippen molar-refractivity contribution in [3.05, 3.63) is 99.0 Å². The highest BCUT2D eigenvalue weighted by Crippen LogP contribution is 2.22. The van der Waals surface area contributed by atoms with E-state index in [0.717, 1.165) is 10.0 Å². The molecule has 5 nitrogen and oxygen atoms in total. The number of carbonyl (C=O) groups excluding carboxylic acids is 3. The van der Waals surface area contributed by atoms with E-state index in [1.54, 1.807) is 60.7 Å². The maximum absolute atomic E-state index is 12.8. The monoisotopic (exact) mass is 513 g/mol. The van der Waals surface area contributed by atoms with Crippen molar-refractivity contribution in [2.45, 2.75) is 19.4 Å². The fourth-order valence-corrected chi connectivity index (χ4v) is 3.41. The number of Topliss-reactive ketones (excluding diaryl/α,β-unsaturated/α-hetero) is 2. The molecule has 1 N–H and O–H groups in total. The first kappa shape index (κ1) is 23.7. The second-order valence-corrected chi connectivity index (χ2v) is 8.51. The van der Waals surface area contributed by atoms with Crippen molar-refractivity contribution in [2.75, 3.05) is 11.9 Å². The molecule has 0 aromatic heterocycles. The van der Waals surface area contributed by atoms with Crippen LogP contribution in [-0.4, -0.2) is 30.2 Å². The standard InChI is InChI=1S/C25H21BrClNO4/c1-16-7-12-20(13-21(16)27)28-22(14-23(29)17-5-3-2-4-6-17)25(31)32-15-24(30)18-8-10-19(26)11-9-18/h2-13,22,28H,14-15H2,1H3/t22-/m0/s1. The predicted octanol–water partition coefficient (Wildman–Crippen LogP) is 5.89. The Morgan fingerprint density at radius 1 is 0.938 bits per heavy atom. The van der Waals surface area contributed by atoms with Crippen molar-refractivity contribution in [1.29, 1.82) is 0 Å². The van der Waals surface area contributed by atoms with E-state index in [4.69, 9.17) is 16.3 Å². The molecule has 0 heterocycles. The fourth-order valence-electron chi connectivity index (χ4n) is 2.96. The minimum atomic E-state index is -0.987. The first-order valence-electron chi connectivity index (χ1n) is 9.90. The summed E-state index contributed by atoms with van der Waals surface area (Å²) in [5.41, 5.74) is 2.37. The molecule has 0 unspecified atom stereocenters. The molecule has 0 radical (unpaired) electrons. The molecule has 3 rings (SSSR count). The normalized spacial score (nSPS) is 11.5. The minimum absolute atomic E-state index is 0.138. The summed E-state index contributed by atoms with van der Waals surface area (Å²) in [6, 6.07) is 19.7. The number of rotatable bonds is 9. The summed E-state index contributed by atoms with van der Waals surface area (Å²) in [6.45, 7) is 1.44. The zero-order chi connectivity index (χ0) is 23.1. The largest absolute Gasteiger partial charge is 0.456 e. The fraction of sp³-hybridized carbons (Fsp3) is 0.160. The van der Waals surface area contributed by atoms with E-state index in [2.05, 4.69) is 21.2 Å². The van der Waals surface area contributed by atoms with Crippen LogP contribution in [0.4, 0.5) is 5.69 Å². The third-order valence-electron chi connectivity index (χ3n) is 4.79. The van der Waals surface area contributed by atoms with Crippen LogP contribution in [0.1, 0.15) is 32.7 Å². The van der Waals surface area contributed by atoms with E-state index in [1.807, 2.05) is 19.1 Å². The molecule has 0 bridgehead atoms. The molecule has 0 saturated heterocycles. The summed E-state index contributed by atoms with van der Waals surface area (Å²) in [5.74, 6) is -1.26. The smallest absolute Gasteiger partial charge is 0.329 e. The Bertz CT molecular complexity index is 1120. The molecule has 0 saturated carbocycles. The molecule has 32 heavy (non-hydrogen) atoms. The van der Waals surface area contributed by atoms with Gasteiger partial charge >= 0.3 is 5.97 Å². The third kappa shape index (κ3) is 6.52. The summed E-state index contributed by atoms with van der Waals surface area (Å²) >= 11 is 9.50. The van der Waals surface area contributed by atoms with Crippen LogP contribution in [0.3, 0.4) is 0 Å². The summed E-state index contributed by atoms with van der Waals surface area (Å²) in [5, 5.41) is 3.55. The van der Waals surface area contributed by atoms with Gasteiger partial charge in [0.25, 0.3) is 0 Å². The predicted molar refractivity (Wildman–Crippen MR) is 128 cm³/mol. The first-order valence-corrected chi connectivity index (χ1v) is 11.1. The zero-order valence-electron chi connectivity index (χ0n) is 17.3. The van der Waals surface area contributed by atoms with Crippen LogP contribution in [0.25, 0.3) is 0 Å². The van der Waals surface area contributed by atoms with E-state index in [-0.39, 0.29) is 18.0 Å². The molecular formula is C25H21BrClNO4. The lowest BCUT2D eigenvalue weighted by Crippen LogP contribution is -2.34. The number of aryl methyl sites for hydroxylation is 1. The van der Waals surface area contributed by atoms with Gasteiger partial charge in [-0.3, -0.25) is 9.59 Å². The number of ketones is 2. The van der Waals surface area contributed by atoms with E-state index in [1.165, 1.54) is 0 Å². The van der Waals surface area contributed by atoms with Crippen molar-refractivity contribution in [3.8, 4) is 0 Å². The highest BCUT2D eigenvalue weighted by atomic mass is 79.9. The van der Waals surface area contributed by atoms with Gasteiger partial charge in [-0.2, -0.15) is 0 Å². The van der Waals surface area contributed by atoms with Crippen LogP contribution in [0.15, 0.2) is 77.3 Å². The summed E-state index contributed by atoms with van der Waals surface area (Å²) < 4.78 is 6.10. The number of carbonyl (C=O) groups is 3. The van der Waals surface area contributed by atoms with Crippen molar-refractivity contribution in [2.24, 2.45) is 0 Å². The molecule has 3 aromatic rings. The lowest BCUT2D eigenvalue weighted by atomic mass is 10.0. The van der Waals surface area contributed by atoms with Crippen molar-refractivity contribution in [3.63, 3.8) is 0 Å². The Labute approximate surface area is 199 Å². The van der Waals surface area contributed by atoms with E-state index in [0.29, 0.717) is 21.8 Å². The molecule has 0 aliphatic rings. The van der Waals surface area contributed by atoms with Crippen LogP contribution >= 0.6 is 27.5 Å². The molecule has 0 aliphatic heterocycles. The van der Waals surface area contributed by atoms with E-state index in [9.17, 15) is 14.4 Å². The van der Waals surface area contributed by atoms with Crippen LogP contribution in [0.5, 0.6) is 0 Å². The molecule has 7 heteroatoms. The van der Waals surface area contributed by atoms with Crippen LogP contribution < -0.4 is 5.32 Å². The van der Waals surface area contributed by atoms with Crippen LogP contribution in [0.2, 0.25) is 5.02 Å². The molecule has 1 atom stereocenters. The van der Waals surface area contributed by atoms with E-state index < -0.39 is 18.6 Å². The summed E-state index contributed by atoms with van der Waals surface area (Å²) in [6.07, 6.45) is -0.138. The number of anilines is 1. The first-order chi connectivity index (χ1) is 15.3. The van der Waals surface area contributed by atoms with Crippen molar-refractivity contribution < 1.29 is 19.1 Å². The average Bonchev–Trinajstić information content (AvgIpc) is 2.80. The number of hydrogen-bond donors (Lipinski definition) is 1. The van der Waals surface area contributed by atoms with Gasteiger partial charge in [-0.25, -0.2) is 4.79 Å². The van der Waals surface area contributed by atoms with Gasteiger partial charge in [0.2, 0.25) is 0 Å². The number of ether oxygens (including phenoxy) is 1. The molecular weight excluding hydrogens is 494 g/mol. The molecule has 0 spiro atoms. The quantitative estimate of drug-likeness (QED) is 0.285. The Morgan fingerprint density at radius 2 is 1.59 bits per heavy atom. The van der Waals surface area contributed by atoms with Gasteiger partial charge < -0.3 is 10.1 Å². The SMILES string of the molecule is Cc1ccc(N[C@@H](CC(=O)c2ccccc2)C(=O)OCC(=O)c2ccc(Br)cc2)cc1Cl. The number of halogens is 2. The number of esters is 1. The van der Waals surface area contributed by atoms with Crippen LogP contribution in [-0.2, 0) is 9.53 Å². The maximum atomic E-state index is 12.8. The average molecular weight is 515 g/mol. The molecule has 0 aliphatic carbocycles. The van der Waals surface area contributed by atoms with Gasteiger partial charge in [-0.1, -0.05) is 76.1 Å². The van der Waals surface area contributed by atoms with Gasteiger partial charge in [-0.15, -0.1) is 0 Å². The zero-order valence-corrected chi connectivity index (χ0v) is 19.7. The molecule has 3 aromatic carbocycles. The Kier molecular flexibility index (Phi) is 8.20. The Balaban J connectivity index is 1.73. The van der Waals surface area contributed by atoms with Crippen LogP contribution in [0, 0.1) is 6.92 Å². The Hall–Kier alpha value is -2.96. The van der Waals surface area contributed by atoms with Gasteiger partial charge in [0.05, 0.1) is 0 Å². The van der Waals surface area contributed by atoms with Gasteiger partial charge in [0, 0.05) is 32.7 Å². The highest BCUT2D eigenvalue weighted by Gasteiger charge is 2.25. The number of nitrogens with one attached hydrogen (secondary N) is 1. The number of benzene rings is 3. The topological polar surface area (TPSA) is 72.5 Å². The maximum Gasteiger partial charge on any atom is 0.329 e. The second-order valence-electron chi connectivity index (χ2n) is 7.19. The van der Waals surface area contributed by atoms with E-state index >= 15 is 0 Å². The summed E-state index contributed by atoms with van der Waals surface area (Å²) in [4.78, 5) is 37.9. The summed E-state index contributed by atoms with van der Waals surface area (Å²) in [7, 11) is 0. The van der Waals surface area contributed by atoms with Gasteiger partial charge in [0.15, 0.2) is 18.2 Å². The lowest BCUT2D eigenvalue weighted by molar-refractivity contribution is -0.143. The van der Waals surface area contributed by atoms with Crippen molar-refractivity contribution in [1.82, 2.24) is 0 Å². The van der Waals surface area contributed by atoms with Gasteiger partial charge in [0.1, 0.15) is 6.04 Å². The molecule has 0 fully saturated rings. The molecule has 164 valence electrons. The number of hydrogen-bond acceptors (Lipinski definition) is 5. The Morgan fingerprint density at radius 3 is 2.25 bits per heavy atom. The minimum Gasteiger partial charge on any atom is -0.456 e. The van der Waals surface area contributed by atoms with Gasteiger partial charge in [-0.05, 0) is 36.8 Å². The molecule has 0 amide bonds.